The second kappa shape index (κ2) is 9.22. The predicted molar refractivity (Wildman–Crippen MR) is 108 cm³/mol. The van der Waals surface area contributed by atoms with Crippen molar-refractivity contribution in [2.75, 3.05) is 13.1 Å². The Bertz CT molecular complexity index is 850. The molecule has 146 valence electrons. The summed E-state index contributed by atoms with van der Waals surface area (Å²) in [6, 6.07) is 5.76. The second-order valence-electron chi connectivity index (χ2n) is 7.45. The Morgan fingerprint density at radius 1 is 1.39 bits per heavy atom. The first kappa shape index (κ1) is 21.2. The molecular weight excluding hydrogens is 357 g/mol. The minimum atomic E-state index is -0.633. The Hall–Kier alpha value is -3.08. The van der Waals surface area contributed by atoms with Crippen molar-refractivity contribution in [3.8, 4) is 6.26 Å². The summed E-state index contributed by atoms with van der Waals surface area (Å²) in [7, 11) is 1.20. The van der Waals surface area contributed by atoms with Crippen molar-refractivity contribution in [1.82, 2.24) is 10.2 Å². The number of alkyl carbamates (subject to hydrolysis) is 1. The molecule has 0 bridgehead atoms. The van der Waals surface area contributed by atoms with Crippen molar-refractivity contribution in [3.63, 3.8) is 0 Å². The van der Waals surface area contributed by atoms with Gasteiger partial charge in [0.25, 0.3) is 0 Å². The van der Waals surface area contributed by atoms with Gasteiger partial charge in [0.2, 0.25) is 0 Å². The molecule has 0 fully saturated rings. The molecule has 7 nitrogen and oxygen atoms in total. The number of benzene rings is 1. The number of ether oxygens (including phenoxy) is 1. The fourth-order valence-electron chi connectivity index (χ4n) is 2.83. The summed E-state index contributed by atoms with van der Waals surface area (Å²) in [4.78, 5) is 24.9. The second-order valence-corrected chi connectivity index (χ2v) is 7.45. The van der Waals surface area contributed by atoms with Gasteiger partial charge in [0.15, 0.2) is 0 Å². The first-order valence-corrected chi connectivity index (χ1v) is 8.98. The van der Waals surface area contributed by atoms with Crippen molar-refractivity contribution in [1.29, 1.82) is 5.26 Å². The molecular formula is C20H24BN3O4. The molecule has 28 heavy (non-hydrogen) atoms. The number of amides is 1. The molecule has 0 aromatic heterocycles. The molecule has 0 aliphatic carbocycles. The van der Waals surface area contributed by atoms with E-state index in [1.54, 1.807) is 27.0 Å². The van der Waals surface area contributed by atoms with Crippen LogP contribution in [0.2, 0.25) is 0 Å². The molecule has 1 aromatic carbocycles. The van der Waals surface area contributed by atoms with Crippen LogP contribution in [0.15, 0.2) is 24.3 Å². The van der Waals surface area contributed by atoms with Crippen LogP contribution in [0, 0.1) is 18.4 Å². The topological polar surface area (TPSA) is 91.7 Å². The molecule has 2 rings (SSSR count). The fraction of sp³-hybridized carbons (Fsp3) is 0.400. The zero-order valence-electron chi connectivity index (χ0n) is 16.6. The van der Waals surface area contributed by atoms with Crippen LogP contribution >= 0.6 is 0 Å². The molecule has 0 saturated carbocycles. The van der Waals surface area contributed by atoms with Crippen molar-refractivity contribution < 1.29 is 19.0 Å². The van der Waals surface area contributed by atoms with Gasteiger partial charge in [-0.25, -0.2) is 0 Å². The van der Waals surface area contributed by atoms with E-state index in [0.29, 0.717) is 24.4 Å². The Morgan fingerprint density at radius 3 is 2.68 bits per heavy atom. The van der Waals surface area contributed by atoms with Gasteiger partial charge in [0.1, 0.15) is 0 Å². The normalized spacial score (nSPS) is 14.3. The Labute approximate surface area is 165 Å². The molecule has 0 unspecified atom stereocenters. The number of nitrogens with zero attached hydrogens (tertiary/aromatic N) is 2. The number of aldehydes is 1. The van der Waals surface area contributed by atoms with Crippen LogP contribution in [0.25, 0.3) is 5.57 Å². The van der Waals surface area contributed by atoms with Crippen LogP contribution in [0.1, 0.15) is 48.7 Å². The first-order valence-electron chi connectivity index (χ1n) is 8.98. The molecule has 1 aliphatic heterocycles. The van der Waals surface area contributed by atoms with Gasteiger partial charge in [-0.3, -0.25) is 0 Å². The summed E-state index contributed by atoms with van der Waals surface area (Å²) >= 11 is 0. The van der Waals surface area contributed by atoms with Gasteiger partial charge in [-0.15, -0.1) is 0 Å². The van der Waals surface area contributed by atoms with Crippen LogP contribution in [0.5, 0.6) is 0 Å². The van der Waals surface area contributed by atoms with Crippen LogP contribution in [0.3, 0.4) is 0 Å². The molecule has 1 aliphatic rings. The molecule has 8 heteroatoms. The van der Waals surface area contributed by atoms with E-state index < -0.39 is 11.7 Å². The zero-order chi connectivity index (χ0) is 20.7. The van der Waals surface area contributed by atoms with Crippen molar-refractivity contribution in [2.24, 2.45) is 0 Å². The first-order chi connectivity index (χ1) is 13.2. The van der Waals surface area contributed by atoms with Crippen LogP contribution in [-0.4, -0.2) is 48.8 Å². The summed E-state index contributed by atoms with van der Waals surface area (Å²) in [5.74, 6) is 0. The van der Waals surface area contributed by atoms with E-state index in [9.17, 15) is 9.59 Å². The molecule has 0 atom stereocenters. The molecule has 0 radical (unpaired) electrons. The molecule has 1 aromatic rings. The Morgan fingerprint density at radius 2 is 2.14 bits per heavy atom. The zero-order valence-corrected chi connectivity index (χ0v) is 16.6. The Kier molecular flexibility index (Phi) is 6.99. The molecule has 1 heterocycles. The molecule has 0 saturated heterocycles. The molecule has 1 N–H and O–H groups in total. The third-order valence-electron chi connectivity index (χ3n) is 4.17. The van der Waals surface area contributed by atoms with Gasteiger partial charge in [-0.05, 0) is 0 Å². The van der Waals surface area contributed by atoms with Gasteiger partial charge >= 0.3 is 165 Å². The van der Waals surface area contributed by atoms with Gasteiger partial charge in [-0.1, -0.05) is 0 Å². The van der Waals surface area contributed by atoms with Gasteiger partial charge in [0, 0.05) is 0 Å². The van der Waals surface area contributed by atoms with E-state index in [-0.39, 0.29) is 0 Å². The third-order valence-corrected chi connectivity index (χ3v) is 4.17. The van der Waals surface area contributed by atoms with E-state index in [4.69, 9.17) is 14.7 Å². The maximum atomic E-state index is 12.1. The average Bonchev–Trinajstić information content (AvgIpc) is 2.63. The number of carbonyl (C=O) groups is 2. The number of aryl methyl sites for hydroxylation is 1. The minimum absolute atomic E-state index is 0.360. The van der Waals surface area contributed by atoms with Crippen LogP contribution < -0.4 is 5.32 Å². The SMILES string of the molecule is Cc1cc(C2=CCN(C(=BOC#N)NC(=O)OC(C)(C)C)CC2)ccc1C=O. The van der Waals surface area contributed by atoms with Gasteiger partial charge < -0.3 is 0 Å². The van der Waals surface area contributed by atoms with Crippen molar-refractivity contribution in [2.45, 2.75) is 39.7 Å². The number of carbonyl (C=O) groups excluding carboxylic acids is 2. The van der Waals surface area contributed by atoms with E-state index in [2.05, 4.69) is 11.4 Å². The summed E-state index contributed by atoms with van der Waals surface area (Å²) < 4.78 is 9.97. The van der Waals surface area contributed by atoms with E-state index in [0.717, 1.165) is 29.4 Å². The average molecular weight is 381 g/mol. The molecule has 0 spiro atoms. The van der Waals surface area contributed by atoms with Gasteiger partial charge in [0.05, 0.1) is 0 Å². The quantitative estimate of drug-likeness (QED) is 0.479. The van der Waals surface area contributed by atoms with Crippen LogP contribution in [-0.2, 0) is 9.39 Å². The molecule has 1 amide bonds. The van der Waals surface area contributed by atoms with Crippen LogP contribution in [0.4, 0.5) is 4.79 Å². The van der Waals surface area contributed by atoms with E-state index in [1.165, 1.54) is 7.12 Å². The van der Waals surface area contributed by atoms with E-state index >= 15 is 0 Å². The monoisotopic (exact) mass is 381 g/mol. The fourth-order valence-corrected chi connectivity index (χ4v) is 2.83. The number of hydrogen-bond acceptors (Lipinski definition) is 6. The number of hydrogen-bond donors (Lipinski definition) is 1. The number of nitrogens with one attached hydrogen (secondary N) is 1. The number of rotatable bonds is 5. The summed E-state index contributed by atoms with van der Waals surface area (Å²) in [6.07, 6.45) is 4.59. The maximum absolute atomic E-state index is 12.1. The van der Waals surface area contributed by atoms with Crippen molar-refractivity contribution in [3.05, 3.63) is 41.0 Å². The van der Waals surface area contributed by atoms with Gasteiger partial charge in [-0.2, -0.15) is 0 Å². The standard InChI is InChI=1S/C20H24BN3O4/c1-14-11-16(5-6-17(14)12-25)15-7-9-24(10-8-15)18(21-27-13-22)23-19(26)28-20(2,3)4/h5-7,11-12H,8-10H2,1-4H3,(H,23,26). The van der Waals surface area contributed by atoms with E-state index in [1.807, 2.05) is 30.0 Å². The third kappa shape index (κ3) is 5.98. The summed E-state index contributed by atoms with van der Waals surface area (Å²) in [5.41, 5.74) is 3.58. The van der Waals surface area contributed by atoms with Crippen molar-refractivity contribution >= 4 is 30.8 Å². The number of nitriles is 1. The Balaban J connectivity index is 2.12. The predicted octanol–water partition coefficient (Wildman–Crippen LogP) is 2.63. The summed E-state index contributed by atoms with van der Waals surface area (Å²) in [6.45, 7) is 8.38. The summed E-state index contributed by atoms with van der Waals surface area (Å²) in [5, 5.41) is 11.3.